The topological polar surface area (TPSA) is 120 Å². The van der Waals surface area contributed by atoms with Gasteiger partial charge in [-0.25, -0.2) is 34.2 Å². The Morgan fingerprint density at radius 3 is 2.59 bits per heavy atom. The summed E-state index contributed by atoms with van der Waals surface area (Å²) in [6.45, 7) is 8.86. The molecular formula is C23H24N11+. The summed E-state index contributed by atoms with van der Waals surface area (Å²) < 4.78 is 5.92. The van der Waals surface area contributed by atoms with Crippen molar-refractivity contribution in [2.45, 2.75) is 40.8 Å². The lowest BCUT2D eigenvalue weighted by Gasteiger charge is -2.06. The molecule has 0 fully saturated rings. The maximum absolute atomic E-state index is 4.99. The van der Waals surface area contributed by atoms with E-state index in [9.17, 15) is 0 Å². The van der Waals surface area contributed by atoms with Gasteiger partial charge >= 0.3 is 5.82 Å². The monoisotopic (exact) mass is 454 g/mol. The summed E-state index contributed by atoms with van der Waals surface area (Å²) in [6, 6.07) is 1.99. The third-order valence-corrected chi connectivity index (χ3v) is 6.33. The highest BCUT2D eigenvalue weighted by molar-refractivity contribution is 5.78. The van der Waals surface area contributed by atoms with Crippen molar-refractivity contribution >= 4 is 33.2 Å². The second-order valence-electron chi connectivity index (χ2n) is 8.58. The molecule has 0 unspecified atom stereocenters. The summed E-state index contributed by atoms with van der Waals surface area (Å²) in [5, 5.41) is 6.55. The summed E-state index contributed by atoms with van der Waals surface area (Å²) in [6.07, 6.45) is 5.50. The Labute approximate surface area is 194 Å². The van der Waals surface area contributed by atoms with E-state index in [1.54, 1.807) is 6.33 Å². The van der Waals surface area contributed by atoms with E-state index in [1.165, 1.54) is 0 Å². The largest absolute Gasteiger partial charge is 0.346 e. The van der Waals surface area contributed by atoms with E-state index in [2.05, 4.69) is 39.6 Å². The molecule has 6 aromatic heterocycles. The molecule has 0 saturated heterocycles. The van der Waals surface area contributed by atoms with Crippen molar-refractivity contribution in [3.63, 3.8) is 0 Å². The number of aromatic amines is 1. The maximum Gasteiger partial charge on any atom is 0.322 e. The van der Waals surface area contributed by atoms with Gasteiger partial charge < -0.3 is 4.98 Å². The molecule has 0 amide bonds. The van der Waals surface area contributed by atoms with Gasteiger partial charge in [-0.05, 0) is 31.8 Å². The van der Waals surface area contributed by atoms with E-state index in [4.69, 9.17) is 4.98 Å². The number of hydrogen-bond donors (Lipinski definition) is 1. The Hall–Kier alpha value is -4.28. The Balaban J connectivity index is 1.43. The first kappa shape index (κ1) is 20.3. The molecule has 6 rings (SSSR count). The van der Waals surface area contributed by atoms with Crippen molar-refractivity contribution in [3.05, 3.63) is 59.3 Å². The summed E-state index contributed by atoms with van der Waals surface area (Å²) >= 11 is 0. The molecule has 0 aliphatic carbocycles. The van der Waals surface area contributed by atoms with Crippen LogP contribution in [0.5, 0.6) is 0 Å². The third kappa shape index (κ3) is 3.11. The molecule has 0 saturated carbocycles. The van der Waals surface area contributed by atoms with Gasteiger partial charge in [0.1, 0.15) is 23.7 Å². The first-order valence-corrected chi connectivity index (χ1v) is 11.1. The Morgan fingerprint density at radius 2 is 1.74 bits per heavy atom. The highest BCUT2D eigenvalue weighted by Crippen LogP contribution is 2.19. The van der Waals surface area contributed by atoms with Crippen LogP contribution in [0, 0.1) is 27.7 Å². The van der Waals surface area contributed by atoms with Crippen molar-refractivity contribution in [1.29, 1.82) is 0 Å². The fraction of sp³-hybridized carbons (Fsp3) is 0.304. The minimum Gasteiger partial charge on any atom is -0.346 e. The van der Waals surface area contributed by atoms with Crippen LogP contribution < -0.4 is 4.57 Å². The van der Waals surface area contributed by atoms with Crippen LogP contribution >= 0.6 is 0 Å². The number of nitrogens with zero attached hydrogens (tertiary/aromatic N) is 10. The van der Waals surface area contributed by atoms with Gasteiger partial charge in [0.15, 0.2) is 17.0 Å². The Morgan fingerprint density at radius 1 is 0.912 bits per heavy atom. The second-order valence-corrected chi connectivity index (χ2v) is 8.58. The molecule has 11 heteroatoms. The fourth-order valence-corrected chi connectivity index (χ4v) is 4.41. The third-order valence-electron chi connectivity index (χ3n) is 6.33. The lowest BCUT2D eigenvalue weighted by Crippen LogP contribution is -2.39. The molecule has 34 heavy (non-hydrogen) atoms. The molecule has 0 bridgehead atoms. The molecule has 0 radical (unpaired) electrons. The average molecular weight is 455 g/mol. The van der Waals surface area contributed by atoms with Crippen LogP contribution in [0.4, 0.5) is 0 Å². The summed E-state index contributed by atoms with van der Waals surface area (Å²) in [5.41, 5.74) is 6.17. The van der Waals surface area contributed by atoms with Crippen molar-refractivity contribution < 1.29 is 4.57 Å². The van der Waals surface area contributed by atoms with Crippen LogP contribution in [0.1, 0.15) is 34.6 Å². The number of aryl methyl sites for hydroxylation is 4. The standard InChI is InChI=1S/C23H24N11/c1-12-16-6-7-24-21(16)30-18(28-12)9-33-11-25-20-14(3)32(5)19(31-23(20)33)10-34-22-17(8-26-34)13(2)27-15(4)29-22/h6-8,11H,9-10H2,1-5H3,(H,24,28,30)/q+1. The minimum atomic E-state index is 0.474. The number of imidazole rings is 1. The van der Waals surface area contributed by atoms with Gasteiger partial charge in [0, 0.05) is 18.5 Å². The fourth-order valence-electron chi connectivity index (χ4n) is 4.41. The average Bonchev–Trinajstić information content (AvgIpc) is 3.52. The highest BCUT2D eigenvalue weighted by Gasteiger charge is 2.23. The zero-order valence-electron chi connectivity index (χ0n) is 19.7. The lowest BCUT2D eigenvalue weighted by molar-refractivity contribution is -0.687. The SMILES string of the molecule is Cc1nc(C)c2cnn(Cc3nc4c(ncn4Cc4nc(C)c5cc[nH]c5n4)c(C)[n+]3C)c2n1. The van der Waals surface area contributed by atoms with Crippen LogP contribution in [-0.4, -0.2) is 49.2 Å². The number of hydrogen-bond acceptors (Lipinski definition) is 7. The number of nitrogens with one attached hydrogen (secondary N) is 1. The normalized spacial score (nSPS) is 11.9. The Kier molecular flexibility index (Phi) is 4.41. The molecule has 6 aromatic rings. The van der Waals surface area contributed by atoms with Crippen LogP contribution in [0.15, 0.2) is 24.8 Å². The van der Waals surface area contributed by atoms with E-state index in [0.29, 0.717) is 18.9 Å². The molecule has 11 nitrogen and oxygen atoms in total. The van der Waals surface area contributed by atoms with Crippen LogP contribution in [-0.2, 0) is 20.1 Å². The molecule has 0 aliphatic rings. The van der Waals surface area contributed by atoms with E-state index >= 15 is 0 Å². The zero-order chi connectivity index (χ0) is 23.6. The number of aromatic nitrogens is 11. The van der Waals surface area contributed by atoms with Gasteiger partial charge in [-0.1, -0.05) is 0 Å². The minimum absolute atomic E-state index is 0.474. The lowest BCUT2D eigenvalue weighted by atomic mass is 10.3. The number of rotatable bonds is 4. The second kappa shape index (κ2) is 7.37. The predicted octanol–water partition coefficient (Wildman–Crippen LogP) is 2.00. The molecule has 0 atom stereocenters. The van der Waals surface area contributed by atoms with Crippen molar-refractivity contribution in [3.8, 4) is 0 Å². The van der Waals surface area contributed by atoms with Gasteiger partial charge in [0.25, 0.3) is 5.65 Å². The van der Waals surface area contributed by atoms with Gasteiger partial charge in [-0.3, -0.25) is 4.57 Å². The number of fused-ring (bicyclic) bond motifs is 3. The van der Waals surface area contributed by atoms with Crippen LogP contribution in [0.3, 0.4) is 0 Å². The smallest absolute Gasteiger partial charge is 0.322 e. The van der Waals surface area contributed by atoms with Crippen LogP contribution in [0.2, 0.25) is 0 Å². The summed E-state index contributed by atoms with van der Waals surface area (Å²) in [7, 11) is 2.00. The first-order valence-electron chi connectivity index (χ1n) is 11.1. The Bertz CT molecular complexity index is 1720. The zero-order valence-corrected chi connectivity index (χ0v) is 19.7. The maximum atomic E-state index is 4.99. The highest BCUT2D eigenvalue weighted by atomic mass is 15.3. The first-order chi connectivity index (χ1) is 16.4. The van der Waals surface area contributed by atoms with Crippen LogP contribution in [0.25, 0.3) is 33.2 Å². The van der Waals surface area contributed by atoms with E-state index in [-0.39, 0.29) is 0 Å². The quantitative estimate of drug-likeness (QED) is 0.405. The summed E-state index contributed by atoms with van der Waals surface area (Å²) in [4.78, 5) is 31.2. The summed E-state index contributed by atoms with van der Waals surface area (Å²) in [5.74, 6) is 2.28. The molecule has 170 valence electrons. The van der Waals surface area contributed by atoms with Gasteiger partial charge in [0.2, 0.25) is 0 Å². The van der Waals surface area contributed by atoms with Gasteiger partial charge in [-0.15, -0.1) is 0 Å². The predicted molar refractivity (Wildman–Crippen MR) is 125 cm³/mol. The van der Waals surface area contributed by atoms with Gasteiger partial charge in [0.05, 0.1) is 42.9 Å². The molecule has 0 aliphatic heterocycles. The molecule has 0 aromatic carbocycles. The van der Waals surface area contributed by atoms with E-state index in [1.807, 2.05) is 62.5 Å². The molecule has 6 heterocycles. The molecule has 0 spiro atoms. The molecule has 1 N–H and O–H groups in total. The van der Waals surface area contributed by atoms with Gasteiger partial charge in [-0.2, -0.15) is 5.10 Å². The van der Waals surface area contributed by atoms with Crippen molar-refractivity contribution in [2.75, 3.05) is 0 Å². The number of H-pyrrole nitrogens is 1. The van der Waals surface area contributed by atoms with Crippen molar-refractivity contribution in [1.82, 2.24) is 49.2 Å². The van der Waals surface area contributed by atoms with E-state index in [0.717, 1.165) is 62.0 Å². The van der Waals surface area contributed by atoms with E-state index < -0.39 is 0 Å². The van der Waals surface area contributed by atoms with Crippen molar-refractivity contribution in [2.24, 2.45) is 7.05 Å². The molecular weight excluding hydrogens is 430 g/mol.